The van der Waals surface area contributed by atoms with Crippen molar-refractivity contribution in [1.82, 2.24) is 4.57 Å². The molecule has 0 spiro atoms. The molecule has 0 unspecified atom stereocenters. The van der Waals surface area contributed by atoms with Crippen molar-refractivity contribution in [2.24, 2.45) is 5.92 Å². The molecule has 0 bridgehead atoms. The molecule has 0 atom stereocenters. The lowest BCUT2D eigenvalue weighted by molar-refractivity contribution is -0.718. The second kappa shape index (κ2) is 4.02. The molecule has 0 aliphatic carbocycles. The molecule has 0 fully saturated rings. The maximum Gasteiger partial charge on any atom is 0.426 e. The summed E-state index contributed by atoms with van der Waals surface area (Å²) < 4.78 is 38.9. The second-order valence-corrected chi connectivity index (χ2v) is 3.79. The zero-order valence-corrected chi connectivity index (χ0v) is 8.25. The van der Waals surface area contributed by atoms with Crippen LogP contribution in [-0.4, -0.2) is 10.7 Å². The number of imidazole rings is 1. The zero-order chi connectivity index (χ0) is 10.8. The molecule has 0 saturated carbocycles. The molecule has 0 aliphatic heterocycles. The van der Waals surface area contributed by atoms with Gasteiger partial charge >= 0.3 is 6.18 Å². The van der Waals surface area contributed by atoms with Crippen LogP contribution in [0.15, 0.2) is 18.7 Å². The first kappa shape index (κ1) is 11.1. The Bertz CT molecular complexity index is 288. The van der Waals surface area contributed by atoms with Crippen LogP contribution in [0.1, 0.15) is 13.8 Å². The lowest BCUT2D eigenvalue weighted by atomic mass is 10.2. The molecule has 0 N–H and O–H groups in total. The minimum absolute atomic E-state index is 0.432. The van der Waals surface area contributed by atoms with Crippen molar-refractivity contribution in [2.75, 3.05) is 0 Å². The van der Waals surface area contributed by atoms with Crippen LogP contribution < -0.4 is 4.57 Å². The lowest BCUT2D eigenvalue weighted by Crippen LogP contribution is -2.39. The average Bonchev–Trinajstić information content (AvgIpc) is 2.30. The van der Waals surface area contributed by atoms with E-state index in [-0.39, 0.29) is 0 Å². The van der Waals surface area contributed by atoms with E-state index in [1.54, 1.807) is 10.8 Å². The third kappa shape index (κ3) is 3.81. The predicted molar refractivity (Wildman–Crippen MR) is 45.5 cm³/mol. The van der Waals surface area contributed by atoms with Crippen LogP contribution in [0.4, 0.5) is 13.2 Å². The van der Waals surface area contributed by atoms with Gasteiger partial charge in [-0.05, 0) is 5.92 Å². The second-order valence-electron chi connectivity index (χ2n) is 3.79. The summed E-state index contributed by atoms with van der Waals surface area (Å²) in [6.45, 7) is 3.87. The monoisotopic (exact) mass is 207 g/mol. The predicted octanol–water partition coefficient (Wildman–Crippen LogP) is 1.99. The van der Waals surface area contributed by atoms with E-state index in [1.165, 1.54) is 12.5 Å². The van der Waals surface area contributed by atoms with Gasteiger partial charge in [-0.25, -0.2) is 9.13 Å². The highest BCUT2D eigenvalue weighted by Gasteiger charge is 2.31. The van der Waals surface area contributed by atoms with Crippen molar-refractivity contribution < 1.29 is 17.7 Å². The third-order valence-corrected chi connectivity index (χ3v) is 1.68. The minimum Gasteiger partial charge on any atom is -0.237 e. The topological polar surface area (TPSA) is 8.81 Å². The van der Waals surface area contributed by atoms with E-state index in [4.69, 9.17) is 0 Å². The van der Waals surface area contributed by atoms with Gasteiger partial charge in [0.25, 0.3) is 0 Å². The molecule has 0 saturated heterocycles. The third-order valence-electron chi connectivity index (χ3n) is 1.68. The molecule has 1 rings (SSSR count). The van der Waals surface area contributed by atoms with Gasteiger partial charge in [-0.1, -0.05) is 13.8 Å². The summed E-state index contributed by atoms with van der Waals surface area (Å²) in [5.41, 5.74) is 0. The highest BCUT2D eigenvalue weighted by Crippen LogP contribution is 2.13. The summed E-state index contributed by atoms with van der Waals surface area (Å²) in [5, 5.41) is 0. The van der Waals surface area contributed by atoms with Crippen LogP contribution in [0, 0.1) is 5.92 Å². The van der Waals surface area contributed by atoms with E-state index < -0.39 is 12.7 Å². The molecule has 80 valence electrons. The number of halogens is 3. The molecule has 0 aromatic carbocycles. The number of nitrogens with zero attached hydrogens (tertiary/aromatic N) is 2. The van der Waals surface area contributed by atoms with E-state index in [2.05, 4.69) is 0 Å². The Labute approximate surface area is 81.0 Å². The number of aromatic nitrogens is 2. The van der Waals surface area contributed by atoms with Crippen LogP contribution in [0.3, 0.4) is 0 Å². The highest BCUT2D eigenvalue weighted by atomic mass is 19.4. The van der Waals surface area contributed by atoms with Gasteiger partial charge in [0, 0.05) is 0 Å². The maximum atomic E-state index is 12.0. The Balaban J connectivity index is 2.60. The van der Waals surface area contributed by atoms with Gasteiger partial charge in [0.15, 0.2) is 6.54 Å². The normalized spacial score (nSPS) is 12.4. The van der Waals surface area contributed by atoms with Crippen molar-refractivity contribution in [2.45, 2.75) is 33.1 Å². The van der Waals surface area contributed by atoms with Crippen LogP contribution in [0.25, 0.3) is 0 Å². The molecule has 2 nitrogen and oxygen atoms in total. The molecular formula is C9H14F3N2+. The standard InChI is InChI=1S/C9H14F3N2/c1-8(2)5-13-3-4-14(7-13)6-9(10,11)12/h3-4,7-8H,5-6H2,1-2H3/q+1. The van der Waals surface area contributed by atoms with Crippen LogP contribution >= 0.6 is 0 Å². The highest BCUT2D eigenvalue weighted by molar-refractivity contribution is 4.67. The molecule has 1 heterocycles. The minimum atomic E-state index is -4.14. The fourth-order valence-electron chi connectivity index (χ4n) is 1.27. The Hall–Kier alpha value is -1.00. The van der Waals surface area contributed by atoms with Crippen molar-refractivity contribution >= 4 is 0 Å². The van der Waals surface area contributed by atoms with Crippen LogP contribution in [-0.2, 0) is 13.1 Å². The van der Waals surface area contributed by atoms with E-state index >= 15 is 0 Å². The summed E-state index contributed by atoms with van der Waals surface area (Å²) >= 11 is 0. The number of hydrogen-bond acceptors (Lipinski definition) is 0. The Kier molecular flexibility index (Phi) is 3.18. The molecule has 0 radical (unpaired) electrons. The van der Waals surface area contributed by atoms with E-state index in [1.807, 2.05) is 13.8 Å². The zero-order valence-electron chi connectivity index (χ0n) is 8.25. The summed E-state index contributed by atoms with van der Waals surface area (Å²) in [6.07, 6.45) is 0.434. The Morgan fingerprint density at radius 1 is 1.36 bits per heavy atom. The van der Waals surface area contributed by atoms with Crippen molar-refractivity contribution in [3.8, 4) is 0 Å². The SMILES string of the molecule is CC(C)Cn1cc[n+](CC(F)(F)F)c1. The van der Waals surface area contributed by atoms with Crippen LogP contribution in [0.2, 0.25) is 0 Å². The van der Waals surface area contributed by atoms with Gasteiger partial charge < -0.3 is 0 Å². The van der Waals surface area contributed by atoms with E-state index in [0.717, 1.165) is 11.1 Å². The molecule has 1 aromatic rings. The van der Waals surface area contributed by atoms with E-state index in [9.17, 15) is 13.2 Å². The first-order valence-electron chi connectivity index (χ1n) is 4.48. The summed E-state index contributed by atoms with van der Waals surface area (Å²) in [5.74, 6) is 0.432. The average molecular weight is 207 g/mol. The number of hydrogen-bond donors (Lipinski definition) is 0. The van der Waals surface area contributed by atoms with Gasteiger partial charge in [-0.15, -0.1) is 0 Å². The van der Waals surface area contributed by atoms with Gasteiger partial charge in [0.1, 0.15) is 12.4 Å². The van der Waals surface area contributed by atoms with Gasteiger partial charge in [-0.3, -0.25) is 0 Å². The first-order valence-corrected chi connectivity index (χ1v) is 4.48. The first-order chi connectivity index (χ1) is 6.37. The molecule has 0 aliphatic rings. The lowest BCUT2D eigenvalue weighted by Gasteiger charge is -2.02. The van der Waals surface area contributed by atoms with Crippen molar-refractivity contribution in [3.05, 3.63) is 18.7 Å². The number of alkyl halides is 3. The smallest absolute Gasteiger partial charge is 0.237 e. The molecule has 14 heavy (non-hydrogen) atoms. The fraction of sp³-hybridized carbons (Fsp3) is 0.667. The van der Waals surface area contributed by atoms with Gasteiger partial charge in [0.2, 0.25) is 6.33 Å². The van der Waals surface area contributed by atoms with Gasteiger partial charge in [-0.2, -0.15) is 13.2 Å². The largest absolute Gasteiger partial charge is 0.426 e. The fourth-order valence-corrected chi connectivity index (χ4v) is 1.27. The summed E-state index contributed by atoms with van der Waals surface area (Å²) in [4.78, 5) is 0. The maximum absolute atomic E-state index is 12.0. The molecule has 1 aromatic heterocycles. The summed E-state index contributed by atoms with van der Waals surface area (Å²) in [6, 6.07) is 0. The van der Waals surface area contributed by atoms with Gasteiger partial charge in [0.05, 0.1) is 6.54 Å². The Morgan fingerprint density at radius 2 is 2.00 bits per heavy atom. The van der Waals surface area contributed by atoms with Crippen molar-refractivity contribution in [3.63, 3.8) is 0 Å². The Morgan fingerprint density at radius 3 is 2.50 bits per heavy atom. The molecular weight excluding hydrogens is 193 g/mol. The van der Waals surface area contributed by atoms with Crippen molar-refractivity contribution in [1.29, 1.82) is 0 Å². The quantitative estimate of drug-likeness (QED) is 0.670. The van der Waals surface area contributed by atoms with Crippen LogP contribution in [0.5, 0.6) is 0 Å². The summed E-state index contributed by atoms with van der Waals surface area (Å²) in [7, 11) is 0. The van der Waals surface area contributed by atoms with E-state index in [0.29, 0.717) is 5.92 Å². The number of rotatable bonds is 3. The molecule has 0 amide bonds. The molecule has 5 heteroatoms.